The van der Waals surface area contributed by atoms with Crippen molar-refractivity contribution in [1.82, 2.24) is 4.90 Å². The summed E-state index contributed by atoms with van der Waals surface area (Å²) in [6.07, 6.45) is -4.41. The van der Waals surface area contributed by atoms with E-state index in [4.69, 9.17) is 0 Å². The van der Waals surface area contributed by atoms with Gasteiger partial charge in [-0.15, -0.1) is 11.3 Å². The molecule has 1 aliphatic rings. The molecule has 2 aromatic rings. The molecule has 2 heterocycles. The molecule has 0 amide bonds. The smallest absolute Gasteiger partial charge is 0.388 e. The first-order valence-electron chi connectivity index (χ1n) is 7.93. The number of rotatable bonds is 3. The van der Waals surface area contributed by atoms with E-state index in [0.29, 0.717) is 12.1 Å². The Morgan fingerprint density at radius 1 is 1.25 bits per heavy atom. The van der Waals surface area contributed by atoms with Crippen LogP contribution < -0.4 is 0 Å². The Morgan fingerprint density at radius 2 is 2.04 bits per heavy atom. The summed E-state index contributed by atoms with van der Waals surface area (Å²) in [5, 5.41) is 12.8. The number of aliphatic hydroxyl groups is 1. The van der Waals surface area contributed by atoms with E-state index in [1.54, 1.807) is 17.4 Å². The third kappa shape index (κ3) is 3.66. The van der Waals surface area contributed by atoms with Gasteiger partial charge in [0.25, 0.3) is 0 Å². The molecular weight excluding hydrogens is 335 g/mol. The molecule has 3 unspecified atom stereocenters. The molecule has 1 saturated heterocycles. The lowest BCUT2D eigenvalue weighted by Gasteiger charge is -2.39. The SMILES string of the molecule is CN1CCC(c2cccs2)C(C(O)c2cccc(C(F)(F)F)c2)C1. The second kappa shape index (κ2) is 6.86. The van der Waals surface area contributed by atoms with Crippen LogP contribution in [0, 0.1) is 5.92 Å². The number of thiophene rings is 1. The minimum atomic E-state index is -4.40. The first kappa shape index (κ1) is 17.5. The van der Waals surface area contributed by atoms with Crippen LogP contribution >= 0.6 is 11.3 Å². The summed E-state index contributed by atoms with van der Waals surface area (Å²) < 4.78 is 38.8. The highest BCUT2D eigenvalue weighted by molar-refractivity contribution is 7.10. The number of aliphatic hydroxyl groups excluding tert-OH is 1. The van der Waals surface area contributed by atoms with E-state index in [9.17, 15) is 18.3 Å². The van der Waals surface area contributed by atoms with Gasteiger partial charge in [0, 0.05) is 23.3 Å². The largest absolute Gasteiger partial charge is 0.416 e. The van der Waals surface area contributed by atoms with Crippen LogP contribution in [0.3, 0.4) is 0 Å². The Hall–Kier alpha value is -1.37. The van der Waals surface area contributed by atoms with Crippen molar-refractivity contribution in [3.63, 3.8) is 0 Å². The molecule has 0 radical (unpaired) electrons. The average molecular weight is 355 g/mol. The van der Waals surface area contributed by atoms with Crippen LogP contribution in [0.25, 0.3) is 0 Å². The molecule has 130 valence electrons. The van der Waals surface area contributed by atoms with E-state index < -0.39 is 17.8 Å². The van der Waals surface area contributed by atoms with Crippen molar-refractivity contribution < 1.29 is 18.3 Å². The van der Waals surface area contributed by atoms with Gasteiger partial charge in [-0.3, -0.25) is 0 Å². The molecule has 0 spiro atoms. The van der Waals surface area contributed by atoms with Gasteiger partial charge in [0.05, 0.1) is 11.7 Å². The summed E-state index contributed by atoms with van der Waals surface area (Å²) in [7, 11) is 1.98. The molecule has 3 atom stereocenters. The zero-order valence-corrected chi connectivity index (χ0v) is 14.1. The number of hydrogen-bond donors (Lipinski definition) is 1. The Labute approximate surface area is 143 Å². The topological polar surface area (TPSA) is 23.5 Å². The van der Waals surface area contributed by atoms with E-state index in [0.717, 1.165) is 25.1 Å². The van der Waals surface area contributed by atoms with Crippen molar-refractivity contribution in [1.29, 1.82) is 0 Å². The molecule has 3 rings (SSSR count). The number of hydrogen-bond acceptors (Lipinski definition) is 3. The van der Waals surface area contributed by atoms with Gasteiger partial charge in [0.15, 0.2) is 0 Å². The lowest BCUT2D eigenvalue weighted by Crippen LogP contribution is -2.39. The number of benzene rings is 1. The summed E-state index contributed by atoms with van der Waals surface area (Å²) in [5.41, 5.74) is -0.373. The summed E-state index contributed by atoms with van der Waals surface area (Å²) in [5.74, 6) is 0.0524. The first-order chi connectivity index (χ1) is 11.4. The molecule has 0 aliphatic carbocycles. The van der Waals surface area contributed by atoms with Crippen molar-refractivity contribution in [2.45, 2.75) is 24.6 Å². The molecule has 0 saturated carbocycles. The summed E-state index contributed by atoms with van der Waals surface area (Å²) in [4.78, 5) is 3.32. The maximum absolute atomic E-state index is 12.9. The minimum Gasteiger partial charge on any atom is -0.388 e. The Bertz CT molecular complexity index is 671. The van der Waals surface area contributed by atoms with Crippen LogP contribution in [0.4, 0.5) is 13.2 Å². The lowest BCUT2D eigenvalue weighted by molar-refractivity contribution is -0.137. The Balaban J connectivity index is 1.90. The van der Waals surface area contributed by atoms with Crippen molar-refractivity contribution >= 4 is 11.3 Å². The van der Waals surface area contributed by atoms with Crippen LogP contribution in [-0.2, 0) is 6.18 Å². The summed E-state index contributed by atoms with van der Waals surface area (Å²) in [6.45, 7) is 1.59. The van der Waals surface area contributed by atoms with Gasteiger partial charge in [-0.1, -0.05) is 18.2 Å². The van der Waals surface area contributed by atoms with Gasteiger partial charge in [-0.05, 0) is 49.2 Å². The van der Waals surface area contributed by atoms with Gasteiger partial charge >= 0.3 is 6.18 Å². The van der Waals surface area contributed by atoms with Gasteiger partial charge in [-0.2, -0.15) is 13.2 Å². The quantitative estimate of drug-likeness (QED) is 0.874. The van der Waals surface area contributed by atoms with Crippen molar-refractivity contribution in [2.75, 3.05) is 20.1 Å². The Kier molecular flexibility index (Phi) is 4.99. The van der Waals surface area contributed by atoms with E-state index >= 15 is 0 Å². The molecule has 24 heavy (non-hydrogen) atoms. The molecule has 1 N–H and O–H groups in total. The predicted octanol–water partition coefficient (Wildman–Crippen LogP) is 4.54. The van der Waals surface area contributed by atoms with Gasteiger partial charge < -0.3 is 10.0 Å². The highest BCUT2D eigenvalue weighted by Gasteiger charge is 2.36. The summed E-state index contributed by atoms with van der Waals surface area (Å²) in [6, 6.07) is 9.09. The van der Waals surface area contributed by atoms with Crippen molar-refractivity contribution in [2.24, 2.45) is 5.92 Å². The molecule has 2 nitrogen and oxygen atoms in total. The van der Waals surface area contributed by atoms with Gasteiger partial charge in [0.1, 0.15) is 0 Å². The zero-order chi connectivity index (χ0) is 17.3. The predicted molar refractivity (Wildman–Crippen MR) is 89.1 cm³/mol. The second-order valence-corrected chi connectivity index (χ2v) is 7.38. The highest BCUT2D eigenvalue weighted by Crippen LogP contribution is 2.42. The number of alkyl halides is 3. The van der Waals surface area contributed by atoms with E-state index in [2.05, 4.69) is 4.90 Å². The Morgan fingerprint density at radius 3 is 2.71 bits per heavy atom. The van der Waals surface area contributed by atoms with Crippen LogP contribution in [0.1, 0.15) is 34.4 Å². The van der Waals surface area contributed by atoms with Crippen molar-refractivity contribution in [3.8, 4) is 0 Å². The van der Waals surface area contributed by atoms with Crippen LogP contribution in [0.2, 0.25) is 0 Å². The van der Waals surface area contributed by atoms with E-state index in [-0.39, 0.29) is 11.8 Å². The van der Waals surface area contributed by atoms with Crippen LogP contribution in [0.15, 0.2) is 41.8 Å². The zero-order valence-electron chi connectivity index (χ0n) is 13.3. The number of nitrogens with zero attached hydrogens (tertiary/aromatic N) is 1. The fourth-order valence-corrected chi connectivity index (χ4v) is 4.41. The summed E-state index contributed by atoms with van der Waals surface area (Å²) >= 11 is 1.64. The van der Waals surface area contributed by atoms with Gasteiger partial charge in [0.2, 0.25) is 0 Å². The normalized spacial score (nSPS) is 24.0. The molecule has 1 aromatic heterocycles. The van der Waals surface area contributed by atoms with E-state index in [1.807, 2.05) is 24.6 Å². The third-order valence-electron chi connectivity index (χ3n) is 4.73. The number of halogens is 3. The average Bonchev–Trinajstić information content (AvgIpc) is 3.07. The third-order valence-corrected chi connectivity index (χ3v) is 5.74. The number of piperidine rings is 1. The molecule has 1 aromatic carbocycles. The highest BCUT2D eigenvalue weighted by atomic mass is 32.1. The van der Waals surface area contributed by atoms with Gasteiger partial charge in [-0.25, -0.2) is 0 Å². The fourth-order valence-electron chi connectivity index (χ4n) is 3.47. The van der Waals surface area contributed by atoms with Crippen LogP contribution in [-0.4, -0.2) is 30.1 Å². The van der Waals surface area contributed by atoms with E-state index in [1.165, 1.54) is 10.9 Å². The standard InChI is InChI=1S/C18H20F3NOS/c1-22-8-7-14(16-6-3-9-24-16)15(11-22)17(23)12-4-2-5-13(10-12)18(19,20)21/h2-6,9-10,14-15,17,23H,7-8,11H2,1H3. The number of likely N-dealkylation sites (tertiary alicyclic amines) is 1. The maximum atomic E-state index is 12.9. The maximum Gasteiger partial charge on any atom is 0.416 e. The first-order valence-corrected chi connectivity index (χ1v) is 8.81. The second-order valence-electron chi connectivity index (χ2n) is 6.40. The molecular formula is C18H20F3NOS. The lowest BCUT2D eigenvalue weighted by atomic mass is 9.78. The minimum absolute atomic E-state index is 0.120. The monoisotopic (exact) mass is 355 g/mol. The molecule has 0 bridgehead atoms. The van der Waals surface area contributed by atoms with Crippen molar-refractivity contribution in [3.05, 3.63) is 57.8 Å². The fraction of sp³-hybridized carbons (Fsp3) is 0.444. The van der Waals surface area contributed by atoms with Crippen LogP contribution in [0.5, 0.6) is 0 Å². The molecule has 1 fully saturated rings. The molecule has 1 aliphatic heterocycles. The molecule has 6 heteroatoms.